The Balaban J connectivity index is 1.52. The second kappa shape index (κ2) is 8.02. The normalized spacial score (nSPS) is 10.7. The van der Waals surface area contributed by atoms with Crippen molar-refractivity contribution >= 4 is 16.9 Å². The lowest BCUT2D eigenvalue weighted by Crippen LogP contribution is -2.17. The summed E-state index contributed by atoms with van der Waals surface area (Å²) in [6, 6.07) is 22.9. The van der Waals surface area contributed by atoms with Crippen LogP contribution in [0.5, 0.6) is 11.5 Å². The molecule has 5 heteroatoms. The topological polar surface area (TPSA) is 65.7 Å². The molecule has 0 radical (unpaired) electrons. The van der Waals surface area contributed by atoms with Gasteiger partial charge in [-0.25, -0.2) is 4.79 Å². The van der Waals surface area contributed by atoms with Gasteiger partial charge in [-0.2, -0.15) is 0 Å². The summed E-state index contributed by atoms with van der Waals surface area (Å²) in [4.78, 5) is 24.6. The van der Waals surface area contributed by atoms with Gasteiger partial charge >= 0.3 is 5.97 Å². The Bertz CT molecular complexity index is 1210. The summed E-state index contributed by atoms with van der Waals surface area (Å²) in [5.41, 5.74) is 2.16. The fourth-order valence-electron chi connectivity index (χ4n) is 2.88. The minimum Gasteiger partial charge on any atom is -0.482 e. The lowest BCUT2D eigenvalue weighted by Gasteiger charge is -2.08. The van der Waals surface area contributed by atoms with Crippen LogP contribution >= 0.6 is 0 Å². The first-order valence-corrected chi connectivity index (χ1v) is 9.12. The van der Waals surface area contributed by atoms with Gasteiger partial charge in [-0.3, -0.25) is 4.79 Å². The summed E-state index contributed by atoms with van der Waals surface area (Å²) in [5, 5.41) is 0.343. The Morgan fingerprint density at radius 3 is 2.41 bits per heavy atom. The molecule has 29 heavy (non-hydrogen) atoms. The smallest absolute Gasteiger partial charge is 0.349 e. The Morgan fingerprint density at radius 1 is 0.897 bits per heavy atom. The van der Waals surface area contributed by atoms with Crippen LogP contribution < -0.4 is 14.9 Å². The SMILES string of the molecule is Cc1ccc(-c2cc(=O)c3cc(OC(=O)COc4ccccc4)ccc3o2)cc1. The fourth-order valence-corrected chi connectivity index (χ4v) is 2.88. The van der Waals surface area contributed by atoms with Gasteiger partial charge in [-0.1, -0.05) is 48.0 Å². The number of aryl methyl sites for hydroxylation is 1. The molecule has 0 atom stereocenters. The Labute approximate surface area is 167 Å². The Morgan fingerprint density at radius 2 is 1.66 bits per heavy atom. The molecule has 3 aromatic carbocycles. The van der Waals surface area contributed by atoms with Crippen LogP contribution in [0.4, 0.5) is 0 Å². The largest absolute Gasteiger partial charge is 0.482 e. The minimum atomic E-state index is -0.561. The van der Waals surface area contributed by atoms with Crippen LogP contribution in [0, 0.1) is 6.92 Å². The van der Waals surface area contributed by atoms with Gasteiger partial charge in [0, 0.05) is 11.6 Å². The first kappa shape index (κ1) is 18.5. The number of benzene rings is 3. The number of esters is 1. The van der Waals surface area contributed by atoms with Crippen LogP contribution in [0.2, 0.25) is 0 Å². The van der Waals surface area contributed by atoms with Gasteiger partial charge in [0.05, 0.1) is 5.39 Å². The van der Waals surface area contributed by atoms with Gasteiger partial charge in [-0.05, 0) is 37.3 Å². The molecule has 0 spiro atoms. The molecule has 1 heterocycles. The zero-order valence-corrected chi connectivity index (χ0v) is 15.8. The van der Waals surface area contributed by atoms with Crippen molar-refractivity contribution < 1.29 is 18.7 Å². The number of hydrogen-bond acceptors (Lipinski definition) is 5. The van der Waals surface area contributed by atoms with Crippen LogP contribution in [0.1, 0.15) is 5.56 Å². The van der Waals surface area contributed by atoms with Crippen molar-refractivity contribution in [1.82, 2.24) is 0 Å². The van der Waals surface area contributed by atoms with Gasteiger partial charge in [0.2, 0.25) is 0 Å². The molecule has 0 N–H and O–H groups in total. The molecular formula is C24H18O5. The molecule has 0 amide bonds. The zero-order chi connectivity index (χ0) is 20.2. The number of carbonyl (C=O) groups is 1. The third-order valence-electron chi connectivity index (χ3n) is 4.37. The molecule has 0 aliphatic rings. The van der Waals surface area contributed by atoms with Crippen molar-refractivity contribution in [3.63, 3.8) is 0 Å². The van der Waals surface area contributed by atoms with E-state index >= 15 is 0 Å². The maximum atomic E-state index is 12.6. The van der Waals surface area contributed by atoms with Crippen molar-refractivity contribution in [3.8, 4) is 22.8 Å². The molecule has 0 unspecified atom stereocenters. The van der Waals surface area contributed by atoms with Gasteiger partial charge in [0.1, 0.15) is 22.8 Å². The van der Waals surface area contributed by atoms with Crippen LogP contribution in [-0.2, 0) is 4.79 Å². The molecule has 0 saturated heterocycles. The van der Waals surface area contributed by atoms with Crippen LogP contribution in [0.25, 0.3) is 22.3 Å². The van der Waals surface area contributed by atoms with E-state index in [4.69, 9.17) is 13.9 Å². The van der Waals surface area contributed by atoms with E-state index in [1.165, 1.54) is 12.1 Å². The first-order valence-electron chi connectivity index (χ1n) is 9.12. The number of fused-ring (bicyclic) bond motifs is 1. The predicted molar refractivity (Wildman–Crippen MR) is 110 cm³/mol. The highest BCUT2D eigenvalue weighted by molar-refractivity contribution is 5.82. The summed E-state index contributed by atoms with van der Waals surface area (Å²) in [6.07, 6.45) is 0. The standard InChI is InChI=1S/C24H18O5/c1-16-7-9-17(10-8-16)23-14-21(25)20-13-19(11-12-22(20)29-23)28-24(26)15-27-18-5-3-2-4-6-18/h2-14H,15H2,1H3. The number of ether oxygens (including phenoxy) is 2. The Hall–Kier alpha value is -3.86. The summed E-state index contributed by atoms with van der Waals surface area (Å²) in [7, 11) is 0. The van der Waals surface area contributed by atoms with Crippen molar-refractivity contribution in [2.45, 2.75) is 6.92 Å². The highest BCUT2D eigenvalue weighted by Crippen LogP contribution is 2.25. The molecule has 5 nitrogen and oxygen atoms in total. The van der Waals surface area contributed by atoms with Crippen molar-refractivity contribution in [3.05, 3.63) is 94.6 Å². The van der Waals surface area contributed by atoms with Gasteiger partial charge in [0.25, 0.3) is 0 Å². The Kier molecular flexibility index (Phi) is 5.12. The zero-order valence-electron chi connectivity index (χ0n) is 15.8. The predicted octanol–water partition coefficient (Wildman–Crippen LogP) is 4.75. The number of hydrogen-bond donors (Lipinski definition) is 0. The summed E-state index contributed by atoms with van der Waals surface area (Å²) in [6.45, 7) is 1.76. The van der Waals surface area contributed by atoms with Crippen LogP contribution in [0.3, 0.4) is 0 Å². The third-order valence-corrected chi connectivity index (χ3v) is 4.37. The van der Waals surface area contributed by atoms with Gasteiger partial charge < -0.3 is 13.9 Å². The summed E-state index contributed by atoms with van der Waals surface area (Å²) in [5.74, 6) is 0.763. The van der Waals surface area contributed by atoms with Crippen molar-refractivity contribution in [2.24, 2.45) is 0 Å². The number of para-hydroxylation sites is 1. The molecule has 0 bridgehead atoms. The monoisotopic (exact) mass is 386 g/mol. The first-order chi connectivity index (χ1) is 14.1. The molecular weight excluding hydrogens is 368 g/mol. The molecule has 144 valence electrons. The second-order valence-corrected chi connectivity index (χ2v) is 6.57. The van der Waals surface area contributed by atoms with E-state index in [2.05, 4.69) is 0 Å². The molecule has 0 fully saturated rings. The van der Waals surface area contributed by atoms with E-state index < -0.39 is 5.97 Å². The van der Waals surface area contributed by atoms with Crippen LogP contribution in [-0.4, -0.2) is 12.6 Å². The van der Waals surface area contributed by atoms with E-state index in [-0.39, 0.29) is 17.8 Å². The summed E-state index contributed by atoms with van der Waals surface area (Å²) < 4.78 is 16.5. The second-order valence-electron chi connectivity index (χ2n) is 6.57. The summed E-state index contributed by atoms with van der Waals surface area (Å²) >= 11 is 0. The average Bonchev–Trinajstić information content (AvgIpc) is 2.74. The average molecular weight is 386 g/mol. The number of rotatable bonds is 5. The van der Waals surface area contributed by atoms with Crippen molar-refractivity contribution in [2.75, 3.05) is 6.61 Å². The number of carbonyl (C=O) groups excluding carboxylic acids is 1. The highest BCUT2D eigenvalue weighted by Gasteiger charge is 2.11. The maximum Gasteiger partial charge on any atom is 0.349 e. The maximum absolute atomic E-state index is 12.6. The van der Waals surface area contributed by atoms with E-state index in [0.717, 1.165) is 11.1 Å². The van der Waals surface area contributed by atoms with Crippen molar-refractivity contribution in [1.29, 1.82) is 0 Å². The van der Waals surface area contributed by atoms with E-state index in [1.807, 2.05) is 49.4 Å². The van der Waals surface area contributed by atoms with E-state index in [0.29, 0.717) is 22.5 Å². The van der Waals surface area contributed by atoms with E-state index in [1.54, 1.807) is 24.3 Å². The highest BCUT2D eigenvalue weighted by atomic mass is 16.6. The van der Waals surface area contributed by atoms with Gasteiger partial charge in [-0.15, -0.1) is 0 Å². The molecule has 0 aliphatic heterocycles. The molecule has 4 aromatic rings. The van der Waals surface area contributed by atoms with E-state index in [9.17, 15) is 9.59 Å². The van der Waals surface area contributed by atoms with Crippen LogP contribution in [0.15, 0.2) is 88.1 Å². The molecule has 1 aromatic heterocycles. The molecule has 0 saturated carbocycles. The molecule has 4 rings (SSSR count). The molecule has 0 aliphatic carbocycles. The fraction of sp³-hybridized carbons (Fsp3) is 0.0833. The lowest BCUT2D eigenvalue weighted by molar-refractivity contribution is -0.136. The van der Waals surface area contributed by atoms with Gasteiger partial charge in [0.15, 0.2) is 12.0 Å². The minimum absolute atomic E-state index is 0.208. The third kappa shape index (κ3) is 4.35. The lowest BCUT2D eigenvalue weighted by atomic mass is 10.1. The quantitative estimate of drug-likeness (QED) is 0.366.